The minimum atomic E-state index is -0.892. The molecule has 0 aromatic heterocycles. The molecule has 16 heavy (non-hydrogen) atoms. The molecule has 0 bridgehead atoms. The number of hydrogen-bond donors (Lipinski definition) is 0. The monoisotopic (exact) mass is 230 g/mol. The Labute approximate surface area is 99.5 Å². The van der Waals surface area contributed by atoms with Crippen molar-refractivity contribution in [3.63, 3.8) is 0 Å². The van der Waals surface area contributed by atoms with Crippen LogP contribution >= 0.6 is 0 Å². The second kappa shape index (κ2) is 4.74. The molecule has 0 heterocycles. The van der Waals surface area contributed by atoms with Crippen molar-refractivity contribution in [1.29, 1.82) is 0 Å². The lowest BCUT2D eigenvalue weighted by Gasteiger charge is -2.41. The molecule has 0 saturated carbocycles. The lowest BCUT2D eigenvalue weighted by atomic mass is 9.85. The van der Waals surface area contributed by atoms with Crippen LogP contribution in [0.15, 0.2) is 0 Å². The highest BCUT2D eigenvalue weighted by Crippen LogP contribution is 2.36. The summed E-state index contributed by atoms with van der Waals surface area (Å²) in [6, 6.07) is 0. The molecule has 0 fully saturated rings. The molecule has 0 aliphatic heterocycles. The van der Waals surface area contributed by atoms with Crippen molar-refractivity contribution in [3.05, 3.63) is 0 Å². The van der Waals surface area contributed by atoms with Crippen LogP contribution in [0.3, 0.4) is 0 Å². The summed E-state index contributed by atoms with van der Waals surface area (Å²) < 4.78 is 10.9. The maximum Gasteiger partial charge on any atom is 0.314 e. The highest BCUT2D eigenvalue weighted by molar-refractivity contribution is 5.76. The molecule has 0 aromatic carbocycles. The first-order valence-electron chi connectivity index (χ1n) is 5.79. The second-order valence-corrected chi connectivity index (χ2v) is 6.03. The van der Waals surface area contributed by atoms with Gasteiger partial charge in [0.2, 0.25) is 5.79 Å². The first-order valence-corrected chi connectivity index (χ1v) is 5.79. The number of methoxy groups -OCH3 is 1. The largest absolute Gasteiger partial charge is 0.432 e. The van der Waals surface area contributed by atoms with Gasteiger partial charge in [-0.25, -0.2) is 0 Å². The predicted octanol–water partition coefficient (Wildman–Crippen LogP) is 3.37. The maximum atomic E-state index is 12.0. The lowest BCUT2D eigenvalue weighted by Crippen LogP contribution is -2.48. The Morgan fingerprint density at radius 2 is 1.50 bits per heavy atom. The molecule has 0 aromatic rings. The smallest absolute Gasteiger partial charge is 0.314 e. The number of ether oxygens (including phenoxy) is 2. The van der Waals surface area contributed by atoms with Crippen molar-refractivity contribution in [3.8, 4) is 0 Å². The first-order chi connectivity index (χ1) is 7.00. The molecule has 0 spiro atoms. The van der Waals surface area contributed by atoms with Gasteiger partial charge in [-0.1, -0.05) is 27.7 Å². The van der Waals surface area contributed by atoms with Crippen LogP contribution in [0, 0.1) is 10.8 Å². The zero-order valence-electron chi connectivity index (χ0n) is 11.9. The van der Waals surface area contributed by atoms with Gasteiger partial charge in [0, 0.05) is 19.4 Å². The van der Waals surface area contributed by atoms with Crippen molar-refractivity contribution in [2.24, 2.45) is 10.8 Å². The molecule has 0 saturated heterocycles. The highest BCUT2D eigenvalue weighted by atomic mass is 16.7. The highest BCUT2D eigenvalue weighted by Gasteiger charge is 2.44. The van der Waals surface area contributed by atoms with Crippen LogP contribution in [-0.4, -0.2) is 18.9 Å². The SMILES string of the molecule is CCC(C)(C)C(=O)OC(C)(OC)C(C)(C)C. The van der Waals surface area contributed by atoms with E-state index in [2.05, 4.69) is 0 Å². The average Bonchev–Trinajstić information content (AvgIpc) is 2.15. The van der Waals surface area contributed by atoms with Crippen LogP contribution in [0.4, 0.5) is 0 Å². The molecular formula is C13H26O3. The van der Waals surface area contributed by atoms with Gasteiger partial charge in [0.1, 0.15) is 0 Å². The van der Waals surface area contributed by atoms with Crippen LogP contribution in [0.5, 0.6) is 0 Å². The number of carbonyl (C=O) groups excluding carboxylic acids is 1. The molecule has 0 rings (SSSR count). The predicted molar refractivity (Wildman–Crippen MR) is 65.0 cm³/mol. The quantitative estimate of drug-likeness (QED) is 0.548. The number of carbonyl (C=O) groups is 1. The molecule has 1 unspecified atom stereocenters. The van der Waals surface area contributed by atoms with Crippen molar-refractivity contribution in [1.82, 2.24) is 0 Å². The van der Waals surface area contributed by atoms with E-state index in [4.69, 9.17) is 9.47 Å². The van der Waals surface area contributed by atoms with Gasteiger partial charge in [0.15, 0.2) is 0 Å². The topological polar surface area (TPSA) is 35.5 Å². The number of hydrogen-bond acceptors (Lipinski definition) is 3. The normalized spacial score (nSPS) is 16.8. The summed E-state index contributed by atoms with van der Waals surface area (Å²) in [4.78, 5) is 12.0. The molecular weight excluding hydrogens is 204 g/mol. The zero-order chi connectivity index (χ0) is 13.2. The van der Waals surface area contributed by atoms with Gasteiger partial charge in [0.05, 0.1) is 5.41 Å². The molecule has 0 aliphatic rings. The van der Waals surface area contributed by atoms with Crippen molar-refractivity contribution < 1.29 is 14.3 Å². The van der Waals surface area contributed by atoms with E-state index in [1.165, 1.54) is 0 Å². The van der Waals surface area contributed by atoms with Crippen LogP contribution in [0.2, 0.25) is 0 Å². The van der Waals surface area contributed by atoms with E-state index in [-0.39, 0.29) is 11.4 Å². The van der Waals surface area contributed by atoms with Crippen molar-refractivity contribution in [2.75, 3.05) is 7.11 Å². The average molecular weight is 230 g/mol. The minimum absolute atomic E-state index is 0.214. The first kappa shape index (κ1) is 15.4. The van der Waals surface area contributed by atoms with Gasteiger partial charge in [-0.05, 0) is 20.3 Å². The van der Waals surface area contributed by atoms with E-state index in [1.807, 2.05) is 41.5 Å². The van der Waals surface area contributed by atoms with E-state index < -0.39 is 11.2 Å². The standard InChI is InChI=1S/C13H26O3/c1-9-12(5,6)10(14)16-13(7,15-8)11(2,3)4/h9H2,1-8H3. The van der Waals surface area contributed by atoms with Gasteiger partial charge >= 0.3 is 5.97 Å². The Hall–Kier alpha value is -0.570. The Morgan fingerprint density at radius 3 is 1.75 bits per heavy atom. The molecule has 0 radical (unpaired) electrons. The molecule has 1 atom stereocenters. The fourth-order valence-electron chi connectivity index (χ4n) is 0.960. The van der Waals surface area contributed by atoms with Crippen LogP contribution in [0.1, 0.15) is 54.9 Å². The third-order valence-corrected chi connectivity index (χ3v) is 3.48. The van der Waals surface area contributed by atoms with E-state index >= 15 is 0 Å². The van der Waals surface area contributed by atoms with Crippen molar-refractivity contribution >= 4 is 5.97 Å². The molecule has 0 N–H and O–H groups in total. The molecule has 0 aliphatic carbocycles. The minimum Gasteiger partial charge on any atom is -0.432 e. The summed E-state index contributed by atoms with van der Waals surface area (Å²) in [5.74, 6) is -1.11. The van der Waals surface area contributed by atoms with E-state index in [0.29, 0.717) is 0 Å². The van der Waals surface area contributed by atoms with E-state index in [0.717, 1.165) is 6.42 Å². The third-order valence-electron chi connectivity index (χ3n) is 3.48. The van der Waals surface area contributed by atoms with Crippen LogP contribution in [-0.2, 0) is 14.3 Å². The van der Waals surface area contributed by atoms with Crippen LogP contribution in [0.25, 0.3) is 0 Å². The maximum absolute atomic E-state index is 12.0. The number of esters is 1. The Morgan fingerprint density at radius 1 is 1.06 bits per heavy atom. The summed E-state index contributed by atoms with van der Waals surface area (Å²) in [6.07, 6.45) is 0.746. The molecule has 0 amide bonds. The third kappa shape index (κ3) is 3.21. The van der Waals surface area contributed by atoms with E-state index in [1.54, 1.807) is 14.0 Å². The van der Waals surface area contributed by atoms with Gasteiger partial charge in [0.25, 0.3) is 0 Å². The summed E-state index contributed by atoms with van der Waals surface area (Å²) in [7, 11) is 1.57. The Bertz CT molecular complexity index is 250. The fraction of sp³-hybridized carbons (Fsp3) is 0.923. The van der Waals surface area contributed by atoms with Gasteiger partial charge in [-0.2, -0.15) is 0 Å². The van der Waals surface area contributed by atoms with Gasteiger partial charge < -0.3 is 9.47 Å². The summed E-state index contributed by atoms with van der Waals surface area (Å²) in [5, 5.41) is 0. The second-order valence-electron chi connectivity index (χ2n) is 6.03. The van der Waals surface area contributed by atoms with Gasteiger partial charge in [-0.15, -0.1) is 0 Å². The lowest BCUT2D eigenvalue weighted by molar-refractivity contribution is -0.260. The Balaban J connectivity index is 4.89. The van der Waals surface area contributed by atoms with Crippen LogP contribution < -0.4 is 0 Å². The number of rotatable bonds is 4. The molecule has 96 valence electrons. The molecule has 3 heteroatoms. The molecule has 3 nitrogen and oxygen atoms in total. The fourth-order valence-corrected chi connectivity index (χ4v) is 0.960. The van der Waals surface area contributed by atoms with Gasteiger partial charge in [-0.3, -0.25) is 4.79 Å². The van der Waals surface area contributed by atoms with Crippen molar-refractivity contribution in [2.45, 2.75) is 60.7 Å². The summed E-state index contributed by atoms with van der Waals surface area (Å²) in [5.41, 5.74) is -0.730. The Kier molecular flexibility index (Phi) is 4.57. The summed E-state index contributed by atoms with van der Waals surface area (Å²) in [6.45, 7) is 13.5. The zero-order valence-corrected chi connectivity index (χ0v) is 11.9. The summed E-state index contributed by atoms with van der Waals surface area (Å²) >= 11 is 0. The van der Waals surface area contributed by atoms with E-state index in [9.17, 15) is 4.79 Å².